The van der Waals surface area contributed by atoms with Crippen LogP contribution in [0.2, 0.25) is 0 Å². The van der Waals surface area contributed by atoms with Crippen LogP contribution in [0.1, 0.15) is 23.0 Å². The standard InChI is InChI=1S/C15H19N3O4S/c1-4-18-9-12(15(20)16-7-8-23(3,21)22)13(19)11-6-5-10(2)17-14(11)18/h5-6,9H,4,7-8H2,1-3H3,(H,16,20). The molecule has 0 aliphatic carbocycles. The fourth-order valence-corrected chi connectivity index (χ4v) is 2.68. The third-order valence-electron chi connectivity index (χ3n) is 3.40. The molecule has 0 aliphatic rings. The lowest BCUT2D eigenvalue weighted by molar-refractivity contribution is 0.0954. The molecule has 0 spiro atoms. The predicted octanol–water partition coefficient (Wildman–Crippen LogP) is 0.499. The molecule has 0 bridgehead atoms. The lowest BCUT2D eigenvalue weighted by atomic mass is 10.1. The molecule has 7 nitrogen and oxygen atoms in total. The minimum Gasteiger partial charge on any atom is -0.351 e. The first kappa shape index (κ1) is 17.1. The third kappa shape index (κ3) is 3.95. The number of pyridine rings is 2. The molecule has 0 atom stereocenters. The summed E-state index contributed by atoms with van der Waals surface area (Å²) in [5, 5.41) is 2.84. The van der Waals surface area contributed by atoms with Crippen LogP contribution in [0.5, 0.6) is 0 Å². The Morgan fingerprint density at radius 3 is 2.65 bits per heavy atom. The summed E-state index contributed by atoms with van der Waals surface area (Å²) in [6.07, 6.45) is 2.56. The van der Waals surface area contributed by atoms with E-state index in [4.69, 9.17) is 0 Å². The Morgan fingerprint density at radius 2 is 2.04 bits per heavy atom. The predicted molar refractivity (Wildman–Crippen MR) is 88.5 cm³/mol. The molecule has 2 rings (SSSR count). The van der Waals surface area contributed by atoms with Gasteiger partial charge in [-0.15, -0.1) is 0 Å². The summed E-state index contributed by atoms with van der Waals surface area (Å²) in [6, 6.07) is 3.37. The van der Waals surface area contributed by atoms with Crippen molar-refractivity contribution in [3.63, 3.8) is 0 Å². The summed E-state index contributed by atoms with van der Waals surface area (Å²) in [5.41, 5.74) is 0.891. The van der Waals surface area contributed by atoms with E-state index in [1.165, 1.54) is 6.20 Å². The van der Waals surface area contributed by atoms with Crippen molar-refractivity contribution in [1.29, 1.82) is 0 Å². The quantitative estimate of drug-likeness (QED) is 0.857. The van der Waals surface area contributed by atoms with Gasteiger partial charge < -0.3 is 9.88 Å². The number of carbonyl (C=O) groups is 1. The number of aromatic nitrogens is 2. The first-order valence-corrected chi connectivity index (χ1v) is 9.25. The lowest BCUT2D eigenvalue weighted by Gasteiger charge is -2.11. The highest BCUT2D eigenvalue weighted by atomic mass is 32.2. The molecule has 1 N–H and O–H groups in total. The molecule has 0 radical (unpaired) electrons. The van der Waals surface area contributed by atoms with Gasteiger partial charge in [0.15, 0.2) is 0 Å². The van der Waals surface area contributed by atoms with Crippen LogP contribution in [0.4, 0.5) is 0 Å². The molecular weight excluding hydrogens is 318 g/mol. The van der Waals surface area contributed by atoms with Gasteiger partial charge in [0, 0.05) is 31.2 Å². The number of carbonyl (C=O) groups excluding carboxylic acids is 1. The topological polar surface area (TPSA) is 98.1 Å². The van der Waals surface area contributed by atoms with Gasteiger partial charge in [0.05, 0.1) is 11.1 Å². The molecule has 2 aromatic rings. The second-order valence-electron chi connectivity index (χ2n) is 5.37. The van der Waals surface area contributed by atoms with E-state index in [1.54, 1.807) is 16.7 Å². The van der Waals surface area contributed by atoms with Gasteiger partial charge in [0.25, 0.3) is 5.91 Å². The van der Waals surface area contributed by atoms with E-state index in [9.17, 15) is 18.0 Å². The number of sulfone groups is 1. The molecule has 0 fully saturated rings. The lowest BCUT2D eigenvalue weighted by Crippen LogP contribution is -2.33. The van der Waals surface area contributed by atoms with E-state index in [2.05, 4.69) is 10.3 Å². The van der Waals surface area contributed by atoms with E-state index < -0.39 is 21.2 Å². The second-order valence-corrected chi connectivity index (χ2v) is 7.63. The van der Waals surface area contributed by atoms with Crippen molar-refractivity contribution in [2.24, 2.45) is 0 Å². The summed E-state index contributed by atoms with van der Waals surface area (Å²) in [6.45, 7) is 4.24. The summed E-state index contributed by atoms with van der Waals surface area (Å²) < 4.78 is 23.9. The van der Waals surface area contributed by atoms with Gasteiger partial charge in [-0.2, -0.15) is 0 Å². The molecule has 1 amide bonds. The van der Waals surface area contributed by atoms with Crippen LogP contribution in [0.3, 0.4) is 0 Å². The van der Waals surface area contributed by atoms with Crippen LogP contribution in [0, 0.1) is 6.92 Å². The molecule has 23 heavy (non-hydrogen) atoms. The van der Waals surface area contributed by atoms with Gasteiger partial charge in [-0.05, 0) is 26.0 Å². The number of aryl methyl sites for hydroxylation is 2. The molecule has 0 aliphatic heterocycles. The number of hydrogen-bond donors (Lipinski definition) is 1. The van der Waals surface area contributed by atoms with Crippen LogP contribution in [0.25, 0.3) is 11.0 Å². The minimum atomic E-state index is -3.17. The van der Waals surface area contributed by atoms with Gasteiger partial charge in [-0.25, -0.2) is 13.4 Å². The monoisotopic (exact) mass is 337 g/mol. The van der Waals surface area contributed by atoms with Crippen molar-refractivity contribution in [3.8, 4) is 0 Å². The Bertz CT molecular complexity index is 916. The molecule has 2 heterocycles. The maximum absolute atomic E-state index is 12.5. The average molecular weight is 337 g/mol. The molecular formula is C15H19N3O4S. The van der Waals surface area contributed by atoms with E-state index in [0.29, 0.717) is 17.6 Å². The van der Waals surface area contributed by atoms with Crippen molar-refractivity contribution < 1.29 is 13.2 Å². The van der Waals surface area contributed by atoms with Gasteiger partial charge in [-0.1, -0.05) is 0 Å². The van der Waals surface area contributed by atoms with Crippen LogP contribution in [0.15, 0.2) is 23.1 Å². The molecule has 0 saturated heterocycles. The SMILES string of the molecule is CCn1cc(C(=O)NCCS(C)(=O)=O)c(=O)c2ccc(C)nc21. The highest BCUT2D eigenvalue weighted by Crippen LogP contribution is 2.10. The highest BCUT2D eigenvalue weighted by Gasteiger charge is 2.16. The van der Waals surface area contributed by atoms with Gasteiger partial charge in [-0.3, -0.25) is 9.59 Å². The minimum absolute atomic E-state index is 0.0153. The first-order chi connectivity index (χ1) is 10.7. The number of fused-ring (bicyclic) bond motifs is 1. The zero-order chi connectivity index (χ0) is 17.2. The molecule has 8 heteroatoms. The Morgan fingerprint density at radius 1 is 1.35 bits per heavy atom. The zero-order valence-electron chi connectivity index (χ0n) is 13.3. The van der Waals surface area contributed by atoms with E-state index in [1.807, 2.05) is 13.8 Å². The Labute approximate surface area is 134 Å². The van der Waals surface area contributed by atoms with E-state index in [-0.39, 0.29) is 17.9 Å². The van der Waals surface area contributed by atoms with E-state index in [0.717, 1.165) is 11.9 Å². The molecule has 0 unspecified atom stereocenters. The summed E-state index contributed by atoms with van der Waals surface area (Å²) in [7, 11) is -3.17. The fourth-order valence-electron chi connectivity index (χ4n) is 2.21. The smallest absolute Gasteiger partial charge is 0.256 e. The van der Waals surface area contributed by atoms with Crippen molar-refractivity contribution >= 4 is 26.8 Å². The number of nitrogens with one attached hydrogen (secondary N) is 1. The Hall–Kier alpha value is -2.22. The summed E-state index contributed by atoms with van der Waals surface area (Å²) in [4.78, 5) is 29.0. The highest BCUT2D eigenvalue weighted by molar-refractivity contribution is 7.90. The molecule has 0 saturated carbocycles. The normalized spacial score (nSPS) is 11.6. The van der Waals surface area contributed by atoms with Crippen molar-refractivity contribution in [2.45, 2.75) is 20.4 Å². The van der Waals surface area contributed by atoms with Gasteiger partial charge in [0.2, 0.25) is 5.43 Å². The average Bonchev–Trinajstić information content (AvgIpc) is 2.46. The van der Waals surface area contributed by atoms with Crippen molar-refractivity contribution in [3.05, 3.63) is 39.8 Å². The number of amides is 1. The van der Waals surface area contributed by atoms with Gasteiger partial charge in [0.1, 0.15) is 21.0 Å². The molecule has 124 valence electrons. The maximum atomic E-state index is 12.5. The number of nitrogens with zero attached hydrogens (tertiary/aromatic N) is 2. The largest absolute Gasteiger partial charge is 0.351 e. The van der Waals surface area contributed by atoms with E-state index >= 15 is 0 Å². The zero-order valence-corrected chi connectivity index (χ0v) is 14.1. The second kappa shape index (κ2) is 6.49. The third-order valence-corrected chi connectivity index (χ3v) is 4.35. The molecule has 2 aromatic heterocycles. The Balaban J connectivity index is 2.41. The van der Waals surface area contributed by atoms with Crippen molar-refractivity contribution in [1.82, 2.24) is 14.9 Å². The fraction of sp³-hybridized carbons (Fsp3) is 0.400. The maximum Gasteiger partial charge on any atom is 0.256 e. The molecule has 0 aromatic carbocycles. The van der Waals surface area contributed by atoms with Crippen LogP contribution in [-0.4, -0.2) is 42.4 Å². The Kier molecular flexibility index (Phi) is 4.84. The summed E-state index contributed by atoms with van der Waals surface area (Å²) in [5.74, 6) is -0.752. The first-order valence-electron chi connectivity index (χ1n) is 7.19. The summed E-state index contributed by atoms with van der Waals surface area (Å²) >= 11 is 0. The van der Waals surface area contributed by atoms with Crippen LogP contribution >= 0.6 is 0 Å². The van der Waals surface area contributed by atoms with Crippen LogP contribution < -0.4 is 10.7 Å². The number of rotatable bonds is 5. The number of hydrogen-bond acceptors (Lipinski definition) is 5. The van der Waals surface area contributed by atoms with Crippen LogP contribution in [-0.2, 0) is 16.4 Å². The van der Waals surface area contributed by atoms with Crippen molar-refractivity contribution in [2.75, 3.05) is 18.6 Å². The van der Waals surface area contributed by atoms with Gasteiger partial charge >= 0.3 is 0 Å².